The molecule has 2 aliphatic heterocycles. The van der Waals surface area contributed by atoms with Crippen LogP contribution in [0.3, 0.4) is 0 Å². The fraction of sp³-hybridized carbons (Fsp3) is 0.829. The molecule has 0 aromatic rings. The summed E-state index contributed by atoms with van der Waals surface area (Å²) in [6.45, 7) is 17.7. The van der Waals surface area contributed by atoms with E-state index in [9.17, 15) is 27.6 Å². The van der Waals surface area contributed by atoms with Gasteiger partial charge < -0.3 is 9.80 Å². The Bertz CT molecular complexity index is 1470. The summed E-state index contributed by atoms with van der Waals surface area (Å²) in [5.41, 5.74) is -4.09. The van der Waals surface area contributed by atoms with Gasteiger partial charge in [-0.3, -0.25) is 14.4 Å². The fourth-order valence-corrected chi connectivity index (χ4v) is 13.4. The Morgan fingerprint density at radius 1 is 0.837 bits per heavy atom. The van der Waals surface area contributed by atoms with Crippen molar-refractivity contribution in [1.82, 2.24) is 9.80 Å². The summed E-state index contributed by atoms with van der Waals surface area (Å²) in [7, 11) is 0. The van der Waals surface area contributed by atoms with Crippen LogP contribution < -0.4 is 0 Å². The van der Waals surface area contributed by atoms with E-state index in [1.165, 1.54) is 38.2 Å². The maximum atomic E-state index is 15.0. The molecule has 7 aliphatic rings. The van der Waals surface area contributed by atoms with Crippen LogP contribution in [0.15, 0.2) is 23.3 Å². The van der Waals surface area contributed by atoms with Gasteiger partial charge in [-0.15, -0.1) is 0 Å². The van der Waals surface area contributed by atoms with Crippen LogP contribution in [-0.4, -0.2) is 65.7 Å². The van der Waals surface area contributed by atoms with E-state index in [0.29, 0.717) is 43.8 Å². The summed E-state index contributed by atoms with van der Waals surface area (Å²) in [6, 6.07) is 0.360. The summed E-state index contributed by atoms with van der Waals surface area (Å²) >= 11 is 0. The minimum Gasteiger partial charge on any atom is -0.342 e. The molecule has 3 saturated carbocycles. The second-order valence-electron chi connectivity index (χ2n) is 18.9. The van der Waals surface area contributed by atoms with Crippen LogP contribution in [0.2, 0.25) is 0 Å². The predicted octanol–water partition coefficient (Wildman–Crippen LogP) is 8.58. The topological polar surface area (TPSA) is 57.7 Å². The van der Waals surface area contributed by atoms with Crippen LogP contribution in [0, 0.1) is 56.7 Å². The van der Waals surface area contributed by atoms with Gasteiger partial charge in [0.1, 0.15) is 5.41 Å². The highest BCUT2D eigenvalue weighted by Gasteiger charge is 2.73. The van der Waals surface area contributed by atoms with E-state index in [2.05, 4.69) is 39.5 Å². The average Bonchev–Trinajstić information content (AvgIpc) is 3.05. The number of alkyl halides is 3. The molecular weight excluding hydrogens is 625 g/mol. The zero-order chi connectivity index (χ0) is 35.5. The number of piperidine rings is 2. The van der Waals surface area contributed by atoms with E-state index in [0.717, 1.165) is 51.3 Å². The molecule has 2 saturated heterocycles. The summed E-state index contributed by atoms with van der Waals surface area (Å²) in [5, 5.41) is 0. The van der Waals surface area contributed by atoms with Gasteiger partial charge in [0, 0.05) is 30.5 Å². The quantitative estimate of drug-likeness (QED) is 0.274. The molecule has 2 heterocycles. The number of carbonyl (C=O) groups is 3. The standard InChI is InChI=1S/C41H59F3N2O3/c1-25-11-15-36(3)17-18-38(5)28(32(36)26(25)2)23-30(47)33-37(4)24-29(41(42,43)44)34(48)40(7,31(37)12-16-39(33,38)6)35(49)46-21-13-27(14-22-46)45-19-9-8-10-20-45/h23-27,31-33H,8-22H2,1-7H3/t25-,26+,31-,32+,33-,36-,37+,38-,39-,40-/m1/s1. The second kappa shape index (κ2) is 11.5. The first kappa shape index (κ1) is 35.4. The molecule has 8 heteroatoms. The third-order valence-corrected chi connectivity index (χ3v) is 16.6. The lowest BCUT2D eigenvalue weighted by molar-refractivity contribution is -0.185. The van der Waals surface area contributed by atoms with Crippen molar-refractivity contribution in [2.45, 2.75) is 131 Å². The van der Waals surface area contributed by atoms with Gasteiger partial charge in [0.2, 0.25) is 5.91 Å². The Labute approximate surface area is 291 Å². The normalized spacial score (nSPS) is 46.6. The lowest BCUT2D eigenvalue weighted by Gasteiger charge is -2.69. The van der Waals surface area contributed by atoms with Crippen molar-refractivity contribution in [3.8, 4) is 0 Å². The highest BCUT2D eigenvalue weighted by Crippen LogP contribution is 2.75. The Balaban J connectivity index is 1.28. The molecule has 1 amide bonds. The monoisotopic (exact) mass is 684 g/mol. The Morgan fingerprint density at radius 2 is 1.49 bits per heavy atom. The van der Waals surface area contributed by atoms with E-state index in [-0.39, 0.29) is 22.5 Å². The van der Waals surface area contributed by atoms with Crippen molar-refractivity contribution >= 4 is 17.5 Å². The number of nitrogens with zero attached hydrogens (tertiary/aromatic N) is 2. The number of ketones is 2. The smallest absolute Gasteiger partial charge is 0.342 e. The first-order chi connectivity index (χ1) is 22.8. The predicted molar refractivity (Wildman–Crippen MR) is 184 cm³/mol. The maximum Gasteiger partial charge on any atom is 0.419 e. The number of likely N-dealkylation sites (tertiary alicyclic amines) is 2. The molecule has 0 aromatic heterocycles. The van der Waals surface area contributed by atoms with Gasteiger partial charge in [-0.2, -0.15) is 13.2 Å². The Morgan fingerprint density at radius 3 is 2.12 bits per heavy atom. The van der Waals surface area contributed by atoms with Crippen molar-refractivity contribution in [3.05, 3.63) is 23.3 Å². The van der Waals surface area contributed by atoms with E-state index < -0.39 is 51.5 Å². The number of allylic oxidation sites excluding steroid dienone is 4. The van der Waals surface area contributed by atoms with Crippen LogP contribution >= 0.6 is 0 Å². The first-order valence-electron chi connectivity index (χ1n) is 19.5. The molecule has 0 radical (unpaired) electrons. The number of fused-ring (bicyclic) bond motifs is 7. The second-order valence-corrected chi connectivity index (χ2v) is 18.9. The van der Waals surface area contributed by atoms with E-state index >= 15 is 0 Å². The number of halogens is 3. The van der Waals surface area contributed by atoms with Gasteiger partial charge in [-0.1, -0.05) is 59.6 Å². The van der Waals surface area contributed by atoms with Gasteiger partial charge >= 0.3 is 6.18 Å². The molecule has 5 aliphatic carbocycles. The molecule has 0 spiro atoms. The van der Waals surface area contributed by atoms with Gasteiger partial charge in [0.05, 0.1) is 5.57 Å². The highest BCUT2D eigenvalue weighted by molar-refractivity contribution is 6.15. The van der Waals surface area contributed by atoms with Crippen molar-refractivity contribution in [1.29, 1.82) is 0 Å². The van der Waals surface area contributed by atoms with Crippen molar-refractivity contribution in [2.24, 2.45) is 56.7 Å². The summed E-state index contributed by atoms with van der Waals surface area (Å²) in [5.74, 6) is -1.95. The van der Waals surface area contributed by atoms with Crippen LogP contribution in [0.25, 0.3) is 0 Å². The molecule has 5 fully saturated rings. The number of amides is 1. The van der Waals surface area contributed by atoms with E-state index in [1.54, 1.807) is 11.8 Å². The fourth-order valence-electron chi connectivity index (χ4n) is 13.4. The van der Waals surface area contributed by atoms with Crippen molar-refractivity contribution in [3.63, 3.8) is 0 Å². The lowest BCUT2D eigenvalue weighted by atomic mass is 9.33. The zero-order valence-corrected chi connectivity index (χ0v) is 31.0. The molecule has 10 atom stereocenters. The molecule has 272 valence electrons. The summed E-state index contributed by atoms with van der Waals surface area (Å²) in [6.07, 6.45) is 8.44. The molecule has 0 aromatic carbocycles. The molecule has 7 rings (SSSR count). The van der Waals surface area contributed by atoms with Crippen molar-refractivity contribution in [2.75, 3.05) is 26.2 Å². The van der Waals surface area contributed by atoms with Gasteiger partial charge in [-0.05, 0) is 130 Å². The Kier molecular flexibility index (Phi) is 8.33. The largest absolute Gasteiger partial charge is 0.419 e. The van der Waals surface area contributed by atoms with Gasteiger partial charge in [0.15, 0.2) is 11.6 Å². The van der Waals surface area contributed by atoms with E-state index in [1.807, 2.05) is 6.08 Å². The SMILES string of the molecule is C[C@H]1[C@H](C)CC[C@]2(C)CC[C@]3(C)C(=CC(=O)[C@@H]4[C@@]5(C)C=C(C(F)(F)F)C(=O)[C@](C)(C(=O)N6CCC(N7CCCCC7)CC6)[C@@H]5CC[C@]43C)[C@H]12. The highest BCUT2D eigenvalue weighted by atomic mass is 19.4. The molecule has 0 bridgehead atoms. The third kappa shape index (κ3) is 4.90. The molecule has 49 heavy (non-hydrogen) atoms. The van der Waals surface area contributed by atoms with Crippen LogP contribution in [0.1, 0.15) is 119 Å². The first-order valence-corrected chi connectivity index (χ1v) is 19.5. The third-order valence-electron chi connectivity index (χ3n) is 16.6. The maximum absolute atomic E-state index is 15.0. The lowest BCUT2D eigenvalue weighted by Crippen LogP contribution is -2.68. The minimum absolute atomic E-state index is 0.106. The van der Waals surface area contributed by atoms with Gasteiger partial charge in [-0.25, -0.2) is 0 Å². The molecule has 0 N–H and O–H groups in total. The van der Waals surface area contributed by atoms with Crippen LogP contribution in [0.5, 0.6) is 0 Å². The number of hydrogen-bond acceptors (Lipinski definition) is 4. The van der Waals surface area contributed by atoms with Gasteiger partial charge in [0.25, 0.3) is 0 Å². The van der Waals surface area contributed by atoms with Crippen molar-refractivity contribution < 1.29 is 27.6 Å². The van der Waals surface area contributed by atoms with Crippen LogP contribution in [-0.2, 0) is 14.4 Å². The molecule has 0 unspecified atom stereocenters. The molecular formula is C41H59F3N2O3. The number of hydrogen-bond donors (Lipinski definition) is 0. The summed E-state index contributed by atoms with van der Waals surface area (Å²) < 4.78 is 44.9. The average molecular weight is 685 g/mol. The summed E-state index contributed by atoms with van der Waals surface area (Å²) in [4.78, 5) is 47.9. The minimum atomic E-state index is -4.93. The van der Waals surface area contributed by atoms with E-state index in [4.69, 9.17) is 0 Å². The Hall–Kier alpha value is -1.96. The number of Topliss-reactive ketones (excluding diaryl/α,β-unsaturated/α-hetero) is 1. The molecule has 5 nitrogen and oxygen atoms in total. The van der Waals surface area contributed by atoms with Crippen LogP contribution in [0.4, 0.5) is 13.2 Å². The number of rotatable bonds is 2. The number of carbonyl (C=O) groups excluding carboxylic acids is 3. The zero-order valence-electron chi connectivity index (χ0n) is 31.0.